The van der Waals surface area contributed by atoms with Crippen molar-refractivity contribution in [3.05, 3.63) is 43.7 Å². The van der Waals surface area contributed by atoms with Crippen LogP contribution in [0, 0.1) is 5.92 Å². The van der Waals surface area contributed by atoms with Gasteiger partial charge in [0.25, 0.3) is 5.56 Å². The summed E-state index contributed by atoms with van der Waals surface area (Å²) >= 11 is 7.86. The third-order valence-corrected chi connectivity index (χ3v) is 6.08. The molecular weight excluding hydrogens is 381 g/mol. The molecule has 138 valence electrons. The summed E-state index contributed by atoms with van der Waals surface area (Å²) in [4.78, 5) is 24.6. The molecular formula is C15H16ClF3N2O3S. The van der Waals surface area contributed by atoms with E-state index in [1.54, 1.807) is 17.8 Å². The van der Waals surface area contributed by atoms with Crippen molar-refractivity contribution in [1.82, 2.24) is 9.13 Å². The van der Waals surface area contributed by atoms with Gasteiger partial charge in [-0.2, -0.15) is 13.2 Å². The van der Waals surface area contributed by atoms with Gasteiger partial charge in [0.2, 0.25) is 0 Å². The van der Waals surface area contributed by atoms with Crippen LogP contribution in [0.15, 0.2) is 26.8 Å². The number of ether oxygens (including phenoxy) is 1. The molecule has 3 atom stereocenters. The Morgan fingerprint density at radius 1 is 1.36 bits per heavy atom. The molecule has 3 unspecified atom stereocenters. The van der Waals surface area contributed by atoms with Gasteiger partial charge in [-0.25, -0.2) is 4.79 Å². The zero-order valence-corrected chi connectivity index (χ0v) is 14.8. The number of halogens is 4. The quantitative estimate of drug-likeness (QED) is 0.771. The maximum absolute atomic E-state index is 12.9. The molecule has 25 heavy (non-hydrogen) atoms. The van der Waals surface area contributed by atoms with Gasteiger partial charge in [0.05, 0.1) is 6.61 Å². The van der Waals surface area contributed by atoms with Crippen molar-refractivity contribution in [2.24, 2.45) is 13.0 Å². The number of hydrogen-bond acceptors (Lipinski definition) is 4. The number of allylic oxidation sites excluding steroid dienone is 1. The molecule has 2 aliphatic rings. The van der Waals surface area contributed by atoms with Crippen molar-refractivity contribution in [1.29, 1.82) is 0 Å². The SMILES string of the molecule is Cn1c(C(F)(F)F)cc(=O)n(C2CC=C(Cl)C(C3OCCS3)C2)c1=O. The predicted molar refractivity (Wildman–Crippen MR) is 88.8 cm³/mol. The molecule has 1 aliphatic carbocycles. The first-order valence-corrected chi connectivity index (χ1v) is 9.11. The number of nitrogens with zero attached hydrogens (tertiary/aromatic N) is 2. The van der Waals surface area contributed by atoms with Crippen molar-refractivity contribution >= 4 is 23.4 Å². The van der Waals surface area contributed by atoms with Gasteiger partial charge in [-0.3, -0.25) is 13.9 Å². The van der Waals surface area contributed by atoms with E-state index in [0.717, 1.165) is 17.4 Å². The Morgan fingerprint density at radius 3 is 2.68 bits per heavy atom. The van der Waals surface area contributed by atoms with Gasteiger partial charge in [-0.15, -0.1) is 11.8 Å². The van der Waals surface area contributed by atoms with Gasteiger partial charge in [-0.1, -0.05) is 17.7 Å². The molecule has 1 aromatic rings. The molecule has 0 spiro atoms. The third kappa shape index (κ3) is 3.54. The van der Waals surface area contributed by atoms with E-state index in [9.17, 15) is 22.8 Å². The fraction of sp³-hybridized carbons (Fsp3) is 0.600. The average Bonchev–Trinajstić information content (AvgIpc) is 3.05. The first-order chi connectivity index (χ1) is 11.7. The number of hydrogen-bond donors (Lipinski definition) is 0. The molecule has 0 N–H and O–H groups in total. The fourth-order valence-electron chi connectivity index (χ4n) is 3.21. The zero-order valence-electron chi connectivity index (χ0n) is 13.3. The van der Waals surface area contributed by atoms with Crippen LogP contribution in [0.2, 0.25) is 0 Å². The van der Waals surface area contributed by atoms with Crippen LogP contribution in [0.5, 0.6) is 0 Å². The van der Waals surface area contributed by atoms with Gasteiger partial charge >= 0.3 is 11.9 Å². The molecule has 5 nitrogen and oxygen atoms in total. The Balaban J connectivity index is 1.99. The average molecular weight is 397 g/mol. The zero-order chi connectivity index (χ0) is 18.4. The summed E-state index contributed by atoms with van der Waals surface area (Å²) in [5, 5.41) is 0.604. The van der Waals surface area contributed by atoms with E-state index in [-0.39, 0.29) is 11.4 Å². The van der Waals surface area contributed by atoms with Crippen LogP contribution < -0.4 is 11.2 Å². The first-order valence-electron chi connectivity index (χ1n) is 7.68. The van der Waals surface area contributed by atoms with Crippen LogP contribution in [0.3, 0.4) is 0 Å². The van der Waals surface area contributed by atoms with Gasteiger partial charge in [0, 0.05) is 35.9 Å². The van der Waals surface area contributed by atoms with Crippen LogP contribution in [0.25, 0.3) is 0 Å². The summed E-state index contributed by atoms with van der Waals surface area (Å²) in [6.45, 7) is 0.600. The van der Waals surface area contributed by atoms with E-state index < -0.39 is 29.2 Å². The summed E-state index contributed by atoms with van der Waals surface area (Å²) in [6, 6.07) is -0.0808. The molecule has 1 fully saturated rings. The minimum Gasteiger partial charge on any atom is -0.366 e. The molecule has 1 saturated heterocycles. The molecule has 0 radical (unpaired) electrons. The fourth-order valence-corrected chi connectivity index (χ4v) is 4.69. The van der Waals surface area contributed by atoms with Crippen molar-refractivity contribution in [2.45, 2.75) is 30.5 Å². The maximum atomic E-state index is 12.9. The van der Waals surface area contributed by atoms with E-state index in [1.807, 2.05) is 0 Å². The largest absolute Gasteiger partial charge is 0.431 e. The molecule has 1 aliphatic heterocycles. The number of alkyl halides is 3. The van der Waals surface area contributed by atoms with Gasteiger partial charge < -0.3 is 4.74 Å². The van der Waals surface area contributed by atoms with Gasteiger partial charge in [-0.05, 0) is 12.8 Å². The van der Waals surface area contributed by atoms with Gasteiger partial charge in [0.1, 0.15) is 11.1 Å². The lowest BCUT2D eigenvalue weighted by molar-refractivity contribution is -0.144. The summed E-state index contributed by atoms with van der Waals surface area (Å²) < 4.78 is 45.8. The molecule has 3 rings (SSSR count). The first kappa shape index (κ1) is 18.6. The van der Waals surface area contributed by atoms with Crippen LogP contribution in [0.1, 0.15) is 24.6 Å². The second kappa shape index (κ2) is 6.85. The Kier molecular flexibility index (Phi) is 5.09. The normalized spacial score (nSPS) is 27.4. The second-order valence-corrected chi connectivity index (χ2v) is 7.65. The highest BCUT2D eigenvalue weighted by Gasteiger charge is 2.38. The van der Waals surface area contributed by atoms with Crippen LogP contribution >= 0.6 is 23.4 Å². The lowest BCUT2D eigenvalue weighted by Crippen LogP contribution is -2.45. The molecule has 0 saturated carbocycles. The van der Waals surface area contributed by atoms with Crippen molar-refractivity contribution in [3.8, 4) is 0 Å². The van der Waals surface area contributed by atoms with E-state index in [0.29, 0.717) is 35.1 Å². The van der Waals surface area contributed by atoms with Crippen molar-refractivity contribution < 1.29 is 17.9 Å². The lowest BCUT2D eigenvalue weighted by Gasteiger charge is -2.31. The highest BCUT2D eigenvalue weighted by Crippen LogP contribution is 2.41. The molecule has 1 aromatic heterocycles. The smallest absolute Gasteiger partial charge is 0.366 e. The molecule has 10 heteroatoms. The van der Waals surface area contributed by atoms with E-state index in [1.165, 1.54) is 0 Å². The summed E-state index contributed by atoms with van der Waals surface area (Å²) in [5.41, 5.74) is -3.35. The van der Waals surface area contributed by atoms with E-state index in [2.05, 4.69) is 0 Å². The minimum absolute atomic E-state index is 0.166. The Bertz CT molecular complexity index is 812. The molecule has 2 heterocycles. The van der Waals surface area contributed by atoms with E-state index in [4.69, 9.17) is 16.3 Å². The highest BCUT2D eigenvalue weighted by molar-refractivity contribution is 8.00. The third-order valence-electron chi connectivity index (χ3n) is 4.45. The monoisotopic (exact) mass is 396 g/mol. The standard InChI is InChI=1S/C15H16ClF3N2O3S/c1-20-11(15(17,18)19)7-12(22)21(14(20)23)8-2-3-10(16)9(6-8)13-24-4-5-25-13/h3,7-9,13H,2,4-6H2,1H3. The highest BCUT2D eigenvalue weighted by atomic mass is 35.5. The minimum atomic E-state index is -4.77. The van der Waals surface area contributed by atoms with Crippen LogP contribution in [0.4, 0.5) is 13.2 Å². The lowest BCUT2D eigenvalue weighted by atomic mass is 9.91. The molecule has 0 bridgehead atoms. The topological polar surface area (TPSA) is 53.2 Å². The Morgan fingerprint density at radius 2 is 2.08 bits per heavy atom. The van der Waals surface area contributed by atoms with Crippen LogP contribution in [-0.4, -0.2) is 26.9 Å². The maximum Gasteiger partial charge on any atom is 0.431 e. The van der Waals surface area contributed by atoms with Crippen molar-refractivity contribution in [2.75, 3.05) is 12.4 Å². The van der Waals surface area contributed by atoms with Crippen LogP contribution in [-0.2, 0) is 18.0 Å². The second-order valence-electron chi connectivity index (χ2n) is 6.01. The molecule has 0 amide bonds. The number of rotatable bonds is 2. The number of thioether (sulfide) groups is 1. The van der Waals surface area contributed by atoms with E-state index >= 15 is 0 Å². The summed E-state index contributed by atoms with van der Waals surface area (Å²) in [7, 11) is 1.01. The molecule has 0 aromatic carbocycles. The van der Waals surface area contributed by atoms with Gasteiger partial charge in [0.15, 0.2) is 0 Å². The van der Waals surface area contributed by atoms with Crippen molar-refractivity contribution in [3.63, 3.8) is 0 Å². The number of aromatic nitrogens is 2. The summed E-state index contributed by atoms with van der Waals surface area (Å²) in [6.07, 6.45) is -2.37. The predicted octanol–water partition coefficient (Wildman–Crippen LogP) is 2.73. The Hall–Kier alpha value is -1.19. The summed E-state index contributed by atoms with van der Waals surface area (Å²) in [5.74, 6) is 0.643. The Labute approximate surface area is 150 Å².